The first-order chi connectivity index (χ1) is 12.2. The standard InChI is InChI=1S/C18H15N4O3/c1-3-25-18(23)17-15-12(10-4-6-11(24-2)7-5-10)8-14-13(9-19-20-14)16(15)21-22-17/h4-9H,3H2,1-2H3,(H,21,22). The molecule has 1 radical (unpaired) electrons. The lowest BCUT2D eigenvalue weighted by Crippen LogP contribution is -2.06. The predicted molar refractivity (Wildman–Crippen MR) is 93.4 cm³/mol. The van der Waals surface area contributed by atoms with E-state index in [9.17, 15) is 4.79 Å². The van der Waals surface area contributed by atoms with Gasteiger partial charge in [0.25, 0.3) is 0 Å². The number of ether oxygens (including phenoxy) is 2. The number of benzene rings is 2. The first-order valence-corrected chi connectivity index (χ1v) is 7.83. The molecule has 1 aliphatic rings. The fourth-order valence-electron chi connectivity index (χ4n) is 2.92. The molecule has 0 bridgehead atoms. The Morgan fingerprint density at radius 1 is 1.24 bits per heavy atom. The van der Waals surface area contributed by atoms with Gasteiger partial charge < -0.3 is 9.47 Å². The molecule has 1 aliphatic heterocycles. The summed E-state index contributed by atoms with van der Waals surface area (Å²) >= 11 is 0. The number of fused-ring (bicyclic) bond motifs is 3. The van der Waals surface area contributed by atoms with Gasteiger partial charge in [0, 0.05) is 10.9 Å². The summed E-state index contributed by atoms with van der Waals surface area (Å²) in [7, 11) is 1.62. The molecule has 2 aromatic carbocycles. The van der Waals surface area contributed by atoms with E-state index in [0.29, 0.717) is 5.39 Å². The first kappa shape index (κ1) is 15.2. The molecule has 125 valence electrons. The number of hydrogen-bond donors (Lipinski definition) is 1. The number of H-pyrrole nitrogens is 1. The van der Waals surface area contributed by atoms with Gasteiger partial charge >= 0.3 is 5.97 Å². The second-order valence-corrected chi connectivity index (χ2v) is 5.47. The van der Waals surface area contributed by atoms with E-state index in [1.807, 2.05) is 30.3 Å². The number of nitrogens with zero attached hydrogens (tertiary/aromatic N) is 3. The van der Waals surface area contributed by atoms with Gasteiger partial charge in [-0.1, -0.05) is 12.1 Å². The third kappa shape index (κ3) is 2.40. The van der Waals surface area contributed by atoms with E-state index in [1.54, 1.807) is 20.2 Å². The van der Waals surface area contributed by atoms with Crippen molar-refractivity contribution in [1.29, 1.82) is 0 Å². The van der Waals surface area contributed by atoms with E-state index in [-0.39, 0.29) is 12.3 Å². The molecule has 3 aromatic rings. The van der Waals surface area contributed by atoms with Crippen molar-refractivity contribution in [2.45, 2.75) is 6.92 Å². The van der Waals surface area contributed by atoms with E-state index in [4.69, 9.17) is 9.47 Å². The molecule has 0 amide bonds. The Balaban J connectivity index is 1.97. The zero-order valence-electron chi connectivity index (χ0n) is 13.7. The van der Waals surface area contributed by atoms with Crippen LogP contribution in [0.3, 0.4) is 0 Å². The normalized spacial score (nSPS) is 12.1. The maximum atomic E-state index is 12.3. The molecular formula is C18H15N4O3. The average Bonchev–Trinajstić information content (AvgIpc) is 3.27. The molecule has 25 heavy (non-hydrogen) atoms. The molecule has 4 rings (SSSR count). The second kappa shape index (κ2) is 5.94. The summed E-state index contributed by atoms with van der Waals surface area (Å²) in [5.41, 5.74) is 8.42. The molecule has 7 heteroatoms. The SMILES string of the molecule is CCOC(=O)c1n[nH]c2c3c(cc(-c4ccc(OC)cc4)c12)[N]N=C3. The van der Waals surface area contributed by atoms with Crippen molar-refractivity contribution in [3.63, 3.8) is 0 Å². The molecule has 0 fully saturated rings. The highest BCUT2D eigenvalue weighted by atomic mass is 16.5. The van der Waals surface area contributed by atoms with Gasteiger partial charge in [0.2, 0.25) is 0 Å². The summed E-state index contributed by atoms with van der Waals surface area (Å²) in [6, 6.07) is 9.50. The fourth-order valence-corrected chi connectivity index (χ4v) is 2.92. The summed E-state index contributed by atoms with van der Waals surface area (Å²) < 4.78 is 10.4. The third-order valence-electron chi connectivity index (χ3n) is 4.08. The smallest absolute Gasteiger partial charge is 0.359 e. The number of nitrogens with one attached hydrogen (secondary N) is 1. The van der Waals surface area contributed by atoms with Crippen LogP contribution in [0.2, 0.25) is 0 Å². The van der Waals surface area contributed by atoms with Gasteiger partial charge in [0.05, 0.1) is 31.1 Å². The van der Waals surface area contributed by atoms with Crippen LogP contribution in [-0.2, 0) is 4.74 Å². The molecule has 0 saturated heterocycles. The zero-order chi connectivity index (χ0) is 17.4. The summed E-state index contributed by atoms with van der Waals surface area (Å²) in [5.74, 6) is 0.294. The van der Waals surface area contributed by atoms with Crippen molar-refractivity contribution in [2.75, 3.05) is 13.7 Å². The Labute approximate surface area is 143 Å². The van der Waals surface area contributed by atoms with Crippen molar-refractivity contribution >= 4 is 28.8 Å². The number of methoxy groups -OCH3 is 1. The minimum atomic E-state index is -0.463. The molecule has 1 aromatic heterocycles. The van der Waals surface area contributed by atoms with Crippen molar-refractivity contribution in [2.24, 2.45) is 5.10 Å². The number of rotatable bonds is 4. The molecule has 1 N–H and O–H groups in total. The van der Waals surface area contributed by atoms with Gasteiger partial charge in [-0.3, -0.25) is 5.10 Å². The Kier molecular flexibility index (Phi) is 3.61. The molecule has 2 heterocycles. The lowest BCUT2D eigenvalue weighted by Gasteiger charge is -2.09. The number of carbonyl (C=O) groups excluding carboxylic acids is 1. The van der Waals surface area contributed by atoms with Crippen LogP contribution in [-0.4, -0.2) is 36.1 Å². The van der Waals surface area contributed by atoms with Crippen molar-refractivity contribution < 1.29 is 14.3 Å². The van der Waals surface area contributed by atoms with Crippen molar-refractivity contribution in [3.8, 4) is 16.9 Å². The van der Waals surface area contributed by atoms with Crippen LogP contribution in [0.4, 0.5) is 5.69 Å². The lowest BCUT2D eigenvalue weighted by atomic mass is 9.96. The summed E-state index contributed by atoms with van der Waals surface area (Å²) in [4.78, 5) is 12.3. The fraction of sp³-hybridized carbons (Fsp3) is 0.167. The number of aromatic nitrogens is 2. The van der Waals surface area contributed by atoms with Crippen LogP contribution in [0.25, 0.3) is 22.0 Å². The highest BCUT2D eigenvalue weighted by Crippen LogP contribution is 2.38. The Morgan fingerprint density at radius 2 is 2.04 bits per heavy atom. The number of aromatic amines is 1. The molecule has 7 nitrogen and oxygen atoms in total. The van der Waals surface area contributed by atoms with Gasteiger partial charge in [-0.25, -0.2) is 4.79 Å². The highest BCUT2D eigenvalue weighted by Gasteiger charge is 2.24. The monoisotopic (exact) mass is 335 g/mol. The van der Waals surface area contributed by atoms with Gasteiger partial charge in [0.15, 0.2) is 5.69 Å². The summed E-state index contributed by atoms with van der Waals surface area (Å²) in [6.45, 7) is 2.05. The quantitative estimate of drug-likeness (QED) is 0.742. The highest BCUT2D eigenvalue weighted by molar-refractivity contribution is 6.15. The lowest BCUT2D eigenvalue weighted by molar-refractivity contribution is 0.0521. The van der Waals surface area contributed by atoms with Crippen LogP contribution in [0.15, 0.2) is 35.4 Å². The van der Waals surface area contributed by atoms with Gasteiger partial charge in [0.1, 0.15) is 5.75 Å². The van der Waals surface area contributed by atoms with Crippen LogP contribution in [0, 0.1) is 0 Å². The maximum absolute atomic E-state index is 12.3. The van der Waals surface area contributed by atoms with Gasteiger partial charge in [-0.05, 0) is 36.2 Å². The largest absolute Gasteiger partial charge is 0.497 e. The second-order valence-electron chi connectivity index (χ2n) is 5.47. The van der Waals surface area contributed by atoms with Crippen LogP contribution in [0.5, 0.6) is 5.75 Å². The third-order valence-corrected chi connectivity index (χ3v) is 4.08. The average molecular weight is 335 g/mol. The number of carbonyl (C=O) groups is 1. The molecule has 0 aliphatic carbocycles. The van der Waals surface area contributed by atoms with Gasteiger partial charge in [-0.2, -0.15) is 15.6 Å². The summed E-state index contributed by atoms with van der Waals surface area (Å²) in [6.07, 6.45) is 1.66. The minimum absolute atomic E-state index is 0.255. The predicted octanol–water partition coefficient (Wildman–Crippen LogP) is 3.00. The Hall–Kier alpha value is -3.35. The number of hydrogen-bond acceptors (Lipinski definition) is 5. The van der Waals surface area contributed by atoms with Gasteiger partial charge in [-0.15, -0.1) is 0 Å². The topological polar surface area (TPSA) is 90.7 Å². The zero-order valence-corrected chi connectivity index (χ0v) is 13.7. The minimum Gasteiger partial charge on any atom is -0.497 e. The molecular weight excluding hydrogens is 320 g/mol. The van der Waals surface area contributed by atoms with E-state index in [0.717, 1.165) is 33.6 Å². The van der Waals surface area contributed by atoms with Crippen LogP contribution < -0.4 is 10.2 Å². The van der Waals surface area contributed by atoms with Crippen LogP contribution >= 0.6 is 0 Å². The van der Waals surface area contributed by atoms with E-state index in [1.165, 1.54) is 0 Å². The van der Waals surface area contributed by atoms with E-state index < -0.39 is 5.97 Å². The summed E-state index contributed by atoms with van der Waals surface area (Å²) in [5, 5.41) is 11.8. The molecule has 0 spiro atoms. The molecule has 0 atom stereocenters. The van der Waals surface area contributed by atoms with Crippen LogP contribution in [0.1, 0.15) is 23.0 Å². The molecule has 0 unspecified atom stereocenters. The first-order valence-electron chi connectivity index (χ1n) is 7.83. The number of esters is 1. The van der Waals surface area contributed by atoms with Crippen molar-refractivity contribution in [3.05, 3.63) is 41.6 Å². The van der Waals surface area contributed by atoms with E-state index in [2.05, 4.69) is 20.7 Å². The Bertz CT molecular complexity index is 990. The Morgan fingerprint density at radius 3 is 2.76 bits per heavy atom. The van der Waals surface area contributed by atoms with Crippen molar-refractivity contribution in [1.82, 2.24) is 15.6 Å². The molecule has 0 saturated carbocycles. The maximum Gasteiger partial charge on any atom is 0.359 e. The van der Waals surface area contributed by atoms with E-state index >= 15 is 0 Å².